The Labute approximate surface area is 498 Å². The number of benzene rings is 7. The fraction of sp³-hybridized carbons (Fsp3) is 0.432. The summed E-state index contributed by atoms with van der Waals surface area (Å²) in [6.07, 6.45) is 1.31. The highest BCUT2D eigenvalue weighted by Crippen LogP contribution is 2.25. The van der Waals surface area contributed by atoms with Crippen LogP contribution in [-0.4, -0.2) is 24.9 Å². The molecule has 0 radical (unpaired) electrons. The van der Waals surface area contributed by atoms with E-state index in [9.17, 15) is 22.0 Å². The maximum atomic E-state index is 12.9. The lowest BCUT2D eigenvalue weighted by molar-refractivity contribution is 0.242. The van der Waals surface area contributed by atoms with E-state index in [0.29, 0.717) is 41.1 Å². The molecule has 0 atom stereocenters. The fourth-order valence-electron chi connectivity index (χ4n) is 7.62. The molecule has 456 valence electrons. The van der Waals surface area contributed by atoms with Crippen molar-refractivity contribution in [3.63, 3.8) is 0 Å². The SMILES string of the molecule is CC(C)Oc1cccc(C(C)C)c1.CC(C)c1cc(F)cc(F)c1.CCCOc1ccc(C(C)C)cc1.COc1cc(CO)cc(C(C)C)c1.Cc1cc(C(C)C)ccc1F.Cc1cc(F)cc(C(C)C)c1.Cc1ccc(C(C)C)cc1F. The summed E-state index contributed by atoms with van der Waals surface area (Å²) in [5, 5.41) is 9.01. The van der Waals surface area contributed by atoms with Gasteiger partial charge in [0.25, 0.3) is 0 Å². The molecule has 0 bridgehead atoms. The summed E-state index contributed by atoms with van der Waals surface area (Å²) in [6, 6.07) is 42.0. The molecule has 0 unspecified atom stereocenters. The third kappa shape index (κ3) is 30.6. The number of aliphatic hydroxyl groups is 1. The molecule has 0 fully saturated rings. The van der Waals surface area contributed by atoms with Gasteiger partial charge in [-0.05, 0) is 216 Å². The van der Waals surface area contributed by atoms with Crippen molar-refractivity contribution in [2.75, 3.05) is 13.7 Å². The minimum absolute atomic E-state index is 0.0664. The van der Waals surface area contributed by atoms with E-state index >= 15 is 0 Å². The lowest BCUT2D eigenvalue weighted by Gasteiger charge is -2.12. The van der Waals surface area contributed by atoms with Crippen molar-refractivity contribution in [2.24, 2.45) is 0 Å². The molecular formula is C74H101F5O4. The highest BCUT2D eigenvalue weighted by molar-refractivity contribution is 5.36. The molecular weight excluding hydrogens is 1050 g/mol. The third-order valence-electron chi connectivity index (χ3n) is 13.0. The summed E-state index contributed by atoms with van der Waals surface area (Å²) in [6.45, 7) is 41.8. The monoisotopic (exact) mass is 1150 g/mol. The molecule has 1 N–H and O–H groups in total. The van der Waals surface area contributed by atoms with Gasteiger partial charge in [0.05, 0.1) is 26.4 Å². The van der Waals surface area contributed by atoms with Crippen molar-refractivity contribution in [3.05, 3.63) is 230 Å². The second kappa shape index (κ2) is 39.2. The Morgan fingerprint density at radius 2 is 0.831 bits per heavy atom. The van der Waals surface area contributed by atoms with E-state index in [1.54, 1.807) is 39.2 Å². The molecule has 7 rings (SSSR count). The maximum Gasteiger partial charge on any atom is 0.126 e. The van der Waals surface area contributed by atoms with E-state index in [2.05, 4.69) is 114 Å². The topological polar surface area (TPSA) is 47.9 Å². The maximum absolute atomic E-state index is 12.9. The van der Waals surface area contributed by atoms with E-state index in [-0.39, 0.29) is 36.1 Å². The highest BCUT2D eigenvalue weighted by atomic mass is 19.1. The first-order valence-electron chi connectivity index (χ1n) is 29.4. The summed E-state index contributed by atoms with van der Waals surface area (Å²) in [5.74, 6) is 4.49. The van der Waals surface area contributed by atoms with Gasteiger partial charge in [-0.1, -0.05) is 165 Å². The van der Waals surface area contributed by atoms with Crippen LogP contribution in [0.1, 0.15) is 227 Å². The van der Waals surface area contributed by atoms with Gasteiger partial charge in [-0.15, -0.1) is 0 Å². The number of aryl methyl sites for hydroxylation is 3. The number of halogens is 5. The summed E-state index contributed by atoms with van der Waals surface area (Å²) < 4.78 is 79.8. The molecule has 0 aliphatic heterocycles. The average molecular weight is 1150 g/mol. The third-order valence-corrected chi connectivity index (χ3v) is 13.0. The smallest absolute Gasteiger partial charge is 0.126 e. The van der Waals surface area contributed by atoms with Crippen molar-refractivity contribution < 1.29 is 41.3 Å². The fourth-order valence-corrected chi connectivity index (χ4v) is 7.62. The van der Waals surface area contributed by atoms with Crippen LogP contribution < -0.4 is 14.2 Å². The molecule has 0 aromatic heterocycles. The minimum Gasteiger partial charge on any atom is -0.497 e. The molecule has 0 spiro atoms. The average Bonchev–Trinajstić information content (AvgIpc) is 3.42. The summed E-state index contributed by atoms with van der Waals surface area (Å²) >= 11 is 0. The van der Waals surface area contributed by atoms with E-state index in [1.807, 2.05) is 107 Å². The molecule has 7 aromatic rings. The zero-order valence-electron chi connectivity index (χ0n) is 54.1. The Morgan fingerprint density at radius 1 is 0.386 bits per heavy atom. The number of methoxy groups -OCH3 is 1. The van der Waals surface area contributed by atoms with Crippen LogP contribution in [0.3, 0.4) is 0 Å². The second-order valence-electron chi connectivity index (χ2n) is 23.3. The summed E-state index contributed by atoms with van der Waals surface area (Å²) in [5.41, 5.74) is 11.3. The lowest BCUT2D eigenvalue weighted by Crippen LogP contribution is -2.05. The van der Waals surface area contributed by atoms with E-state index in [4.69, 9.17) is 19.3 Å². The highest BCUT2D eigenvalue weighted by Gasteiger charge is 2.08. The molecule has 83 heavy (non-hydrogen) atoms. The van der Waals surface area contributed by atoms with E-state index in [0.717, 1.165) is 69.7 Å². The molecule has 7 aromatic carbocycles. The molecule has 0 heterocycles. The predicted molar refractivity (Wildman–Crippen MR) is 342 cm³/mol. The van der Waals surface area contributed by atoms with Crippen LogP contribution in [0.5, 0.6) is 17.2 Å². The van der Waals surface area contributed by atoms with Gasteiger partial charge < -0.3 is 19.3 Å². The molecule has 0 aliphatic carbocycles. The molecule has 4 nitrogen and oxygen atoms in total. The van der Waals surface area contributed by atoms with Crippen LogP contribution >= 0.6 is 0 Å². The zero-order chi connectivity index (χ0) is 63.1. The van der Waals surface area contributed by atoms with Crippen LogP contribution in [0.4, 0.5) is 22.0 Å². The van der Waals surface area contributed by atoms with Gasteiger partial charge in [-0.3, -0.25) is 0 Å². The molecule has 0 aliphatic rings. The largest absolute Gasteiger partial charge is 0.497 e. The van der Waals surface area contributed by atoms with E-state index in [1.165, 1.54) is 40.5 Å². The number of hydrogen-bond acceptors (Lipinski definition) is 4. The van der Waals surface area contributed by atoms with Gasteiger partial charge in [-0.25, -0.2) is 22.0 Å². The number of ether oxygens (including phenoxy) is 3. The van der Waals surface area contributed by atoms with Gasteiger partial charge in [0.1, 0.15) is 46.3 Å². The van der Waals surface area contributed by atoms with Crippen molar-refractivity contribution in [3.8, 4) is 17.2 Å². The van der Waals surface area contributed by atoms with Crippen molar-refractivity contribution >= 4 is 0 Å². The predicted octanol–water partition coefficient (Wildman–Crippen LogP) is 22.4. The Hall–Kier alpha value is -6.45. The molecule has 0 saturated carbocycles. The van der Waals surface area contributed by atoms with Crippen LogP contribution in [0.15, 0.2) is 140 Å². The van der Waals surface area contributed by atoms with Gasteiger partial charge in [0.15, 0.2) is 0 Å². The molecule has 0 saturated heterocycles. The van der Waals surface area contributed by atoms with Crippen LogP contribution in [0.25, 0.3) is 0 Å². The van der Waals surface area contributed by atoms with Crippen molar-refractivity contribution in [2.45, 2.75) is 199 Å². The standard InChI is InChI=1S/2C12H18O.C11H16O2.3C10H13F.C9H10F2/c1-9(2)11-6-5-7-12(8-11)13-10(3)4;1-4-9-13-12-7-5-11(6-8-12)10(2)3;1-8(2)10-4-9(7-12)5-11(6-10)13-3;1-7(2)9-4-8(3)5-10(11)6-9;1-7(2)9-4-5-10(11)8(3)6-9;1-7(2)9-5-4-8(3)10(11)6-9;1-6(2)7-3-8(10)5-9(11)4-7/h5-10H,1-4H3;5-8,10H,4,9H2,1-3H3;4-6,8,12H,7H2,1-3H3;3*4-7H,1-3H3;3-6H,1-2H3. The summed E-state index contributed by atoms with van der Waals surface area (Å²) in [7, 11) is 1.64. The first-order valence-corrected chi connectivity index (χ1v) is 29.4. The number of hydrogen-bond donors (Lipinski definition) is 1. The quantitative estimate of drug-likeness (QED) is 0.110. The first-order chi connectivity index (χ1) is 38.9. The van der Waals surface area contributed by atoms with E-state index < -0.39 is 11.6 Å². The minimum atomic E-state index is -0.506. The summed E-state index contributed by atoms with van der Waals surface area (Å²) in [4.78, 5) is 0. The van der Waals surface area contributed by atoms with Gasteiger partial charge in [0, 0.05) is 6.07 Å². The Balaban J connectivity index is 0.000000485. The number of rotatable bonds is 14. The van der Waals surface area contributed by atoms with Crippen LogP contribution in [0, 0.1) is 49.9 Å². The van der Waals surface area contributed by atoms with Crippen molar-refractivity contribution in [1.29, 1.82) is 0 Å². The normalized spacial score (nSPS) is 10.6. The lowest BCUT2D eigenvalue weighted by atomic mass is 10.0. The first kappa shape index (κ1) is 74.6. The molecule has 9 heteroatoms. The Kier molecular flexibility index (Phi) is 35.2. The second-order valence-corrected chi connectivity index (χ2v) is 23.3. The van der Waals surface area contributed by atoms with Gasteiger partial charge in [-0.2, -0.15) is 0 Å². The Bertz CT molecular complexity index is 2730. The van der Waals surface area contributed by atoms with Crippen molar-refractivity contribution in [1.82, 2.24) is 0 Å². The van der Waals surface area contributed by atoms with Gasteiger partial charge in [0.2, 0.25) is 0 Å². The molecule has 0 amide bonds. The van der Waals surface area contributed by atoms with Crippen LogP contribution in [0.2, 0.25) is 0 Å². The Morgan fingerprint density at radius 3 is 1.28 bits per heavy atom. The van der Waals surface area contributed by atoms with Crippen LogP contribution in [-0.2, 0) is 6.61 Å². The number of aliphatic hydroxyl groups excluding tert-OH is 1. The van der Waals surface area contributed by atoms with Gasteiger partial charge >= 0.3 is 0 Å². The zero-order valence-corrected chi connectivity index (χ0v) is 54.1.